The molecule has 0 bridgehead atoms. The SMILES string of the molecule is O=C(c1cc2ccccc2[nH]1)N1CCC(c2ccc3c(c2)OCO3)C1. The first kappa shape index (κ1) is 14.4. The van der Waals surface area contributed by atoms with Crippen LogP contribution < -0.4 is 9.47 Å². The third-order valence-electron chi connectivity index (χ3n) is 5.10. The summed E-state index contributed by atoms with van der Waals surface area (Å²) in [5, 5.41) is 1.07. The summed E-state index contributed by atoms with van der Waals surface area (Å²) in [5.74, 6) is 2.01. The minimum Gasteiger partial charge on any atom is -0.454 e. The number of amides is 1. The number of likely N-dealkylation sites (tertiary alicyclic amines) is 1. The van der Waals surface area contributed by atoms with Crippen molar-refractivity contribution in [2.24, 2.45) is 0 Å². The monoisotopic (exact) mass is 334 g/mol. The number of benzene rings is 2. The normalized spacial score (nSPS) is 18.9. The van der Waals surface area contributed by atoms with Gasteiger partial charge in [0.25, 0.3) is 5.91 Å². The molecule has 1 fully saturated rings. The van der Waals surface area contributed by atoms with Crippen LogP contribution in [0.1, 0.15) is 28.4 Å². The largest absolute Gasteiger partial charge is 0.454 e. The molecule has 0 spiro atoms. The van der Waals surface area contributed by atoms with Gasteiger partial charge in [0.2, 0.25) is 6.79 Å². The standard InChI is InChI=1S/C20H18N2O3/c23-20(17-9-14-3-1-2-4-16(14)21-17)22-8-7-15(11-22)13-5-6-18-19(10-13)25-12-24-18/h1-6,9-10,15,21H,7-8,11-12H2. The Morgan fingerprint density at radius 3 is 2.88 bits per heavy atom. The van der Waals surface area contributed by atoms with Crippen molar-refractivity contribution in [3.05, 3.63) is 59.8 Å². The van der Waals surface area contributed by atoms with Gasteiger partial charge in [-0.2, -0.15) is 0 Å². The van der Waals surface area contributed by atoms with Gasteiger partial charge in [0.1, 0.15) is 5.69 Å². The molecule has 3 heterocycles. The fraction of sp³-hybridized carbons (Fsp3) is 0.250. The molecule has 3 aromatic rings. The van der Waals surface area contributed by atoms with Crippen LogP contribution in [0, 0.1) is 0 Å². The van der Waals surface area contributed by atoms with Gasteiger partial charge in [0.05, 0.1) is 0 Å². The first-order valence-corrected chi connectivity index (χ1v) is 8.54. The Hall–Kier alpha value is -2.95. The van der Waals surface area contributed by atoms with Gasteiger partial charge in [-0.05, 0) is 36.2 Å². The van der Waals surface area contributed by atoms with Gasteiger partial charge in [-0.1, -0.05) is 24.3 Å². The molecular formula is C20H18N2O3. The van der Waals surface area contributed by atoms with E-state index in [0.717, 1.165) is 41.9 Å². The molecule has 1 atom stereocenters. The molecule has 0 aliphatic carbocycles. The van der Waals surface area contributed by atoms with Crippen LogP contribution in [-0.4, -0.2) is 35.7 Å². The minimum atomic E-state index is 0.0689. The van der Waals surface area contributed by atoms with Gasteiger partial charge in [0, 0.05) is 29.9 Å². The summed E-state index contributed by atoms with van der Waals surface area (Å²) in [6.45, 7) is 1.79. The maximum absolute atomic E-state index is 12.8. The fourth-order valence-corrected chi connectivity index (χ4v) is 3.74. The van der Waals surface area contributed by atoms with E-state index in [1.807, 2.05) is 47.4 Å². The molecule has 1 unspecified atom stereocenters. The van der Waals surface area contributed by atoms with E-state index in [1.54, 1.807) is 0 Å². The number of aromatic amines is 1. The Balaban J connectivity index is 1.35. The zero-order valence-corrected chi connectivity index (χ0v) is 13.7. The molecular weight excluding hydrogens is 316 g/mol. The molecule has 1 saturated heterocycles. The van der Waals surface area contributed by atoms with Crippen LogP contribution in [0.15, 0.2) is 48.5 Å². The van der Waals surface area contributed by atoms with Gasteiger partial charge in [-0.25, -0.2) is 0 Å². The van der Waals surface area contributed by atoms with Crippen LogP contribution in [0.25, 0.3) is 10.9 Å². The summed E-state index contributed by atoms with van der Waals surface area (Å²) >= 11 is 0. The summed E-state index contributed by atoms with van der Waals surface area (Å²) in [7, 11) is 0. The average Bonchev–Trinajstić information content (AvgIpc) is 3.38. The second-order valence-electron chi connectivity index (χ2n) is 6.62. The number of ether oxygens (including phenoxy) is 2. The van der Waals surface area contributed by atoms with E-state index in [2.05, 4.69) is 11.1 Å². The highest BCUT2D eigenvalue weighted by Gasteiger charge is 2.29. The van der Waals surface area contributed by atoms with E-state index in [-0.39, 0.29) is 12.7 Å². The molecule has 2 aromatic carbocycles. The summed E-state index contributed by atoms with van der Waals surface area (Å²) < 4.78 is 10.8. The van der Waals surface area contributed by atoms with E-state index >= 15 is 0 Å². The van der Waals surface area contributed by atoms with E-state index in [9.17, 15) is 4.79 Å². The summed E-state index contributed by atoms with van der Waals surface area (Å²) in [5.41, 5.74) is 2.86. The predicted molar refractivity (Wildman–Crippen MR) is 94.1 cm³/mol. The third kappa shape index (κ3) is 2.43. The smallest absolute Gasteiger partial charge is 0.270 e. The molecule has 1 N–H and O–H groups in total. The summed E-state index contributed by atoms with van der Waals surface area (Å²) in [6, 6.07) is 16.0. The minimum absolute atomic E-state index is 0.0689. The van der Waals surface area contributed by atoms with Gasteiger partial charge in [0.15, 0.2) is 11.5 Å². The zero-order chi connectivity index (χ0) is 16.8. The van der Waals surface area contributed by atoms with Crippen molar-refractivity contribution in [3.63, 3.8) is 0 Å². The molecule has 25 heavy (non-hydrogen) atoms. The topological polar surface area (TPSA) is 54.6 Å². The molecule has 5 rings (SSSR count). The lowest BCUT2D eigenvalue weighted by Gasteiger charge is -2.16. The van der Waals surface area contributed by atoms with Gasteiger partial charge in [-0.3, -0.25) is 4.79 Å². The third-order valence-corrected chi connectivity index (χ3v) is 5.10. The zero-order valence-electron chi connectivity index (χ0n) is 13.7. The van der Waals surface area contributed by atoms with E-state index in [0.29, 0.717) is 11.6 Å². The van der Waals surface area contributed by atoms with Crippen molar-refractivity contribution in [3.8, 4) is 11.5 Å². The van der Waals surface area contributed by atoms with Crippen molar-refractivity contribution >= 4 is 16.8 Å². The summed E-state index contributed by atoms with van der Waals surface area (Å²) in [4.78, 5) is 18.0. The number of fused-ring (bicyclic) bond motifs is 2. The highest BCUT2D eigenvalue weighted by Crippen LogP contribution is 2.37. The average molecular weight is 334 g/mol. The first-order chi connectivity index (χ1) is 12.3. The number of carbonyl (C=O) groups is 1. The van der Waals surface area contributed by atoms with Gasteiger partial charge < -0.3 is 19.4 Å². The molecule has 2 aliphatic rings. The Morgan fingerprint density at radius 2 is 1.96 bits per heavy atom. The van der Waals surface area contributed by atoms with Crippen molar-refractivity contribution in [1.82, 2.24) is 9.88 Å². The van der Waals surface area contributed by atoms with Crippen LogP contribution in [0.5, 0.6) is 11.5 Å². The number of hydrogen-bond donors (Lipinski definition) is 1. The van der Waals surface area contributed by atoms with Gasteiger partial charge >= 0.3 is 0 Å². The highest BCUT2D eigenvalue weighted by molar-refractivity contribution is 5.98. The van der Waals surface area contributed by atoms with Crippen LogP contribution in [0.2, 0.25) is 0 Å². The number of H-pyrrole nitrogens is 1. The first-order valence-electron chi connectivity index (χ1n) is 8.54. The predicted octanol–water partition coefficient (Wildman–Crippen LogP) is 3.53. The molecule has 5 nitrogen and oxygen atoms in total. The molecule has 126 valence electrons. The van der Waals surface area contributed by atoms with E-state index in [1.165, 1.54) is 5.56 Å². The van der Waals surface area contributed by atoms with Crippen molar-refractivity contribution in [2.75, 3.05) is 19.9 Å². The van der Waals surface area contributed by atoms with Crippen molar-refractivity contribution in [1.29, 1.82) is 0 Å². The van der Waals surface area contributed by atoms with Crippen LogP contribution >= 0.6 is 0 Å². The van der Waals surface area contributed by atoms with Crippen molar-refractivity contribution in [2.45, 2.75) is 12.3 Å². The van der Waals surface area contributed by atoms with Crippen LogP contribution in [0.3, 0.4) is 0 Å². The number of rotatable bonds is 2. The number of nitrogens with zero attached hydrogens (tertiary/aromatic N) is 1. The van der Waals surface area contributed by atoms with Gasteiger partial charge in [-0.15, -0.1) is 0 Å². The highest BCUT2D eigenvalue weighted by atomic mass is 16.7. The number of aromatic nitrogens is 1. The van der Waals surface area contributed by atoms with Crippen molar-refractivity contribution < 1.29 is 14.3 Å². The Bertz CT molecular complexity index is 929. The second kappa shape index (κ2) is 5.55. The number of para-hydroxylation sites is 1. The van der Waals surface area contributed by atoms with Crippen LogP contribution in [-0.2, 0) is 0 Å². The Morgan fingerprint density at radius 1 is 1.08 bits per heavy atom. The number of hydrogen-bond acceptors (Lipinski definition) is 3. The fourth-order valence-electron chi connectivity index (χ4n) is 3.74. The van der Waals surface area contributed by atoms with Crippen LogP contribution in [0.4, 0.5) is 0 Å². The summed E-state index contributed by atoms with van der Waals surface area (Å²) in [6.07, 6.45) is 0.964. The maximum atomic E-state index is 12.8. The molecule has 2 aliphatic heterocycles. The number of carbonyl (C=O) groups excluding carboxylic acids is 1. The maximum Gasteiger partial charge on any atom is 0.270 e. The second-order valence-corrected chi connectivity index (χ2v) is 6.62. The molecule has 0 radical (unpaired) electrons. The quantitative estimate of drug-likeness (QED) is 0.780. The molecule has 1 aromatic heterocycles. The molecule has 0 saturated carbocycles. The lowest BCUT2D eigenvalue weighted by molar-refractivity contribution is 0.0786. The van der Waals surface area contributed by atoms with E-state index < -0.39 is 0 Å². The lowest BCUT2D eigenvalue weighted by atomic mass is 9.98. The lowest BCUT2D eigenvalue weighted by Crippen LogP contribution is -2.28. The molecule has 1 amide bonds. The number of nitrogens with one attached hydrogen (secondary N) is 1. The Kier molecular flexibility index (Phi) is 3.20. The molecule has 5 heteroatoms. The Labute approximate surface area is 145 Å². The van der Waals surface area contributed by atoms with E-state index in [4.69, 9.17) is 9.47 Å².